The molecule has 2 rings (SSSR count). The summed E-state index contributed by atoms with van der Waals surface area (Å²) in [5, 5.41) is 24.7. The van der Waals surface area contributed by atoms with E-state index in [-0.39, 0.29) is 10.6 Å². The molecule has 0 saturated carbocycles. The Balaban J connectivity index is 2.51. The lowest BCUT2D eigenvalue weighted by Gasteiger charge is -2.30. The summed E-state index contributed by atoms with van der Waals surface area (Å²) in [5.74, 6) is -0.923. The largest absolute Gasteiger partial charge is 0.431 e. The minimum atomic E-state index is -4.82. The van der Waals surface area contributed by atoms with Gasteiger partial charge in [0.2, 0.25) is 5.91 Å². The van der Waals surface area contributed by atoms with E-state index < -0.39 is 40.6 Å². The molecule has 0 spiro atoms. The van der Waals surface area contributed by atoms with Crippen molar-refractivity contribution < 1.29 is 28.0 Å². The monoisotopic (exact) mass is 317 g/mol. The third kappa shape index (κ3) is 2.64. The van der Waals surface area contributed by atoms with E-state index in [1.54, 1.807) is 0 Å². The van der Waals surface area contributed by atoms with Gasteiger partial charge in [-0.3, -0.25) is 14.9 Å². The quantitative estimate of drug-likeness (QED) is 0.665. The highest BCUT2D eigenvalue weighted by molar-refractivity contribution is 5.94. The van der Waals surface area contributed by atoms with Gasteiger partial charge in [-0.25, -0.2) is 0 Å². The summed E-state index contributed by atoms with van der Waals surface area (Å²) in [6.07, 6.45) is -5.82. The number of benzene rings is 1. The fraction of sp³-hybridized carbons (Fsp3) is 0.333. The first kappa shape index (κ1) is 15.9. The molecule has 22 heavy (non-hydrogen) atoms. The first-order valence-electron chi connectivity index (χ1n) is 5.98. The number of halogens is 3. The molecule has 1 amide bonds. The average Bonchev–Trinajstić information content (AvgIpc) is 2.78. The SMILES string of the molecule is CC(=O)N1N=C(C(F)(F)F)C[C@@]1(O)c1cccc([N+](=O)[O-])c1. The molecule has 0 fully saturated rings. The van der Waals surface area contributed by atoms with Crippen molar-refractivity contribution in [1.29, 1.82) is 0 Å². The maximum Gasteiger partial charge on any atom is 0.431 e. The maximum atomic E-state index is 12.8. The summed E-state index contributed by atoms with van der Waals surface area (Å²) in [6, 6.07) is 4.42. The summed E-state index contributed by atoms with van der Waals surface area (Å²) < 4.78 is 38.3. The van der Waals surface area contributed by atoms with Gasteiger partial charge in [-0.2, -0.15) is 23.3 Å². The lowest BCUT2D eigenvalue weighted by Crippen LogP contribution is -2.42. The summed E-state index contributed by atoms with van der Waals surface area (Å²) in [4.78, 5) is 21.5. The second-order valence-electron chi connectivity index (χ2n) is 4.68. The molecule has 0 bridgehead atoms. The van der Waals surface area contributed by atoms with Crippen molar-refractivity contribution in [2.24, 2.45) is 5.10 Å². The highest BCUT2D eigenvalue weighted by Crippen LogP contribution is 2.40. The molecule has 0 unspecified atom stereocenters. The van der Waals surface area contributed by atoms with Gasteiger partial charge in [0.25, 0.3) is 5.69 Å². The van der Waals surface area contributed by atoms with E-state index in [0.717, 1.165) is 19.1 Å². The minimum Gasteiger partial charge on any atom is -0.365 e. The number of non-ortho nitro benzene ring substituents is 1. The highest BCUT2D eigenvalue weighted by atomic mass is 19.4. The van der Waals surface area contributed by atoms with Crippen LogP contribution in [0.25, 0.3) is 0 Å². The topological polar surface area (TPSA) is 96.0 Å². The van der Waals surface area contributed by atoms with Crippen molar-refractivity contribution in [2.75, 3.05) is 0 Å². The van der Waals surface area contributed by atoms with Crippen LogP contribution < -0.4 is 0 Å². The lowest BCUT2D eigenvalue weighted by atomic mass is 9.96. The molecule has 0 radical (unpaired) electrons. The zero-order valence-electron chi connectivity index (χ0n) is 11.2. The van der Waals surface area contributed by atoms with Gasteiger partial charge in [-0.05, 0) is 0 Å². The molecule has 1 aliphatic heterocycles. The second kappa shape index (κ2) is 5.05. The minimum absolute atomic E-state index is 0.222. The van der Waals surface area contributed by atoms with Crippen LogP contribution in [-0.2, 0) is 10.5 Å². The van der Waals surface area contributed by atoms with Crippen LogP contribution >= 0.6 is 0 Å². The van der Waals surface area contributed by atoms with E-state index in [1.807, 2.05) is 0 Å². The predicted octanol–water partition coefficient (Wildman–Crippen LogP) is 1.91. The average molecular weight is 317 g/mol. The van der Waals surface area contributed by atoms with Gasteiger partial charge in [0.05, 0.1) is 11.3 Å². The third-order valence-electron chi connectivity index (χ3n) is 3.13. The van der Waals surface area contributed by atoms with Gasteiger partial charge < -0.3 is 5.11 Å². The van der Waals surface area contributed by atoms with Crippen LogP contribution in [0, 0.1) is 10.1 Å². The van der Waals surface area contributed by atoms with Crippen molar-refractivity contribution in [1.82, 2.24) is 5.01 Å². The highest BCUT2D eigenvalue weighted by Gasteiger charge is 2.52. The van der Waals surface area contributed by atoms with Crippen LogP contribution in [0.3, 0.4) is 0 Å². The molecule has 1 N–H and O–H groups in total. The molecule has 10 heteroatoms. The molecule has 1 atom stereocenters. The van der Waals surface area contributed by atoms with E-state index in [0.29, 0.717) is 0 Å². The summed E-state index contributed by atoms with van der Waals surface area (Å²) >= 11 is 0. The van der Waals surface area contributed by atoms with Crippen molar-refractivity contribution in [3.05, 3.63) is 39.9 Å². The van der Waals surface area contributed by atoms with Crippen LogP contribution in [-0.4, -0.2) is 32.8 Å². The first-order chi connectivity index (χ1) is 10.1. The number of hydrazone groups is 1. The van der Waals surface area contributed by atoms with Crippen LogP contribution in [0.5, 0.6) is 0 Å². The Morgan fingerprint density at radius 3 is 2.64 bits per heavy atom. The van der Waals surface area contributed by atoms with Crippen LogP contribution in [0.1, 0.15) is 18.9 Å². The van der Waals surface area contributed by atoms with E-state index in [9.17, 15) is 33.2 Å². The second-order valence-corrected chi connectivity index (χ2v) is 4.68. The molecule has 1 aromatic carbocycles. The first-order valence-corrected chi connectivity index (χ1v) is 5.98. The Kier molecular flexibility index (Phi) is 3.65. The molecule has 7 nitrogen and oxygen atoms in total. The standard InChI is InChI=1S/C12H10F3N3O4/c1-7(19)17-11(20,6-10(16-17)12(13,14)15)8-3-2-4-9(5-8)18(21)22/h2-5,20H,6H2,1H3/t11-/m1/s1. The number of carbonyl (C=O) groups excluding carboxylic acids is 1. The Bertz CT molecular complexity index is 674. The van der Waals surface area contributed by atoms with Crippen molar-refractivity contribution in [3.63, 3.8) is 0 Å². The van der Waals surface area contributed by atoms with Gasteiger partial charge in [-0.1, -0.05) is 12.1 Å². The molecule has 118 valence electrons. The Morgan fingerprint density at radius 2 is 2.14 bits per heavy atom. The predicted molar refractivity (Wildman–Crippen MR) is 67.6 cm³/mol. The number of alkyl halides is 3. The molecule has 0 aromatic heterocycles. The van der Waals surface area contributed by atoms with Crippen molar-refractivity contribution in [3.8, 4) is 0 Å². The molecule has 1 heterocycles. The Hall–Kier alpha value is -2.49. The number of nitro benzene ring substituents is 1. The van der Waals surface area contributed by atoms with E-state index in [2.05, 4.69) is 5.10 Å². The maximum absolute atomic E-state index is 12.8. The molecule has 1 aliphatic rings. The number of nitrogens with zero attached hydrogens (tertiary/aromatic N) is 3. The van der Waals surface area contributed by atoms with Gasteiger partial charge in [-0.15, -0.1) is 0 Å². The van der Waals surface area contributed by atoms with Crippen molar-refractivity contribution in [2.45, 2.75) is 25.2 Å². The smallest absolute Gasteiger partial charge is 0.365 e. The van der Waals surface area contributed by atoms with Gasteiger partial charge in [0.15, 0.2) is 5.72 Å². The fourth-order valence-electron chi connectivity index (χ4n) is 2.13. The number of aliphatic hydroxyl groups is 1. The summed E-state index contributed by atoms with van der Waals surface area (Å²) in [7, 11) is 0. The number of nitro groups is 1. The van der Waals surface area contributed by atoms with Crippen molar-refractivity contribution >= 4 is 17.3 Å². The Morgan fingerprint density at radius 1 is 1.50 bits per heavy atom. The van der Waals surface area contributed by atoms with E-state index >= 15 is 0 Å². The van der Waals surface area contributed by atoms with Gasteiger partial charge in [0, 0.05) is 24.6 Å². The Labute approximate surface area is 121 Å². The molecular formula is C12H10F3N3O4. The normalized spacial score (nSPS) is 21.7. The zero-order valence-corrected chi connectivity index (χ0v) is 11.2. The lowest BCUT2D eigenvalue weighted by molar-refractivity contribution is -0.385. The van der Waals surface area contributed by atoms with E-state index in [1.165, 1.54) is 12.1 Å². The van der Waals surface area contributed by atoms with Gasteiger partial charge >= 0.3 is 6.18 Å². The molecular weight excluding hydrogens is 307 g/mol. The number of carbonyl (C=O) groups is 1. The molecule has 1 aromatic rings. The number of rotatable bonds is 2. The number of amides is 1. The zero-order chi connectivity index (χ0) is 16.7. The third-order valence-corrected chi connectivity index (χ3v) is 3.13. The van der Waals surface area contributed by atoms with Crippen LogP contribution in [0.4, 0.5) is 18.9 Å². The van der Waals surface area contributed by atoms with Gasteiger partial charge in [0.1, 0.15) is 5.71 Å². The van der Waals surface area contributed by atoms with Crippen LogP contribution in [0.2, 0.25) is 0 Å². The summed E-state index contributed by atoms with van der Waals surface area (Å²) in [6.45, 7) is 0.936. The molecule has 0 aliphatic carbocycles. The fourth-order valence-corrected chi connectivity index (χ4v) is 2.13. The van der Waals surface area contributed by atoms with Crippen LogP contribution in [0.15, 0.2) is 29.4 Å². The number of hydrogen-bond acceptors (Lipinski definition) is 5. The van der Waals surface area contributed by atoms with E-state index in [4.69, 9.17) is 0 Å². The summed E-state index contributed by atoms with van der Waals surface area (Å²) in [5.41, 5.74) is -4.39. The number of hydrogen-bond donors (Lipinski definition) is 1. The molecule has 0 saturated heterocycles.